The van der Waals surface area contributed by atoms with Crippen LogP contribution in [0.4, 0.5) is 5.69 Å². The monoisotopic (exact) mass is 319 g/mol. The molecular weight excluding hydrogens is 302 g/mol. The van der Waals surface area contributed by atoms with E-state index in [9.17, 15) is 13.2 Å². The Hall–Kier alpha value is -1.31. The second kappa shape index (κ2) is 5.59. The van der Waals surface area contributed by atoms with Crippen molar-refractivity contribution >= 4 is 33.2 Å². The van der Waals surface area contributed by atoms with Crippen LogP contribution in [-0.2, 0) is 14.8 Å². The number of sulfonamides is 1. The first-order chi connectivity index (χ1) is 8.97. The van der Waals surface area contributed by atoms with Crippen molar-refractivity contribution in [2.75, 3.05) is 12.3 Å². The van der Waals surface area contributed by atoms with E-state index < -0.39 is 21.3 Å². The minimum atomic E-state index is -3.82. The highest BCUT2D eigenvalue weighted by Gasteiger charge is 2.28. The summed E-state index contributed by atoms with van der Waals surface area (Å²) in [6, 6.07) is 2.79. The number of halogens is 1. The maximum absolute atomic E-state index is 12.2. The molecule has 0 fully saturated rings. The van der Waals surface area contributed by atoms with Gasteiger partial charge in [0.2, 0.25) is 15.9 Å². The Morgan fingerprint density at radius 3 is 2.45 bits per heavy atom. The molecule has 0 bridgehead atoms. The third kappa shape index (κ3) is 3.62. The normalized spacial score (nSPS) is 12.4. The molecule has 0 spiro atoms. The minimum Gasteiger partial charge on any atom is -0.398 e. The molecule has 0 heterocycles. The summed E-state index contributed by atoms with van der Waals surface area (Å²) in [7, 11) is -3.82. The van der Waals surface area contributed by atoms with Crippen LogP contribution < -0.4 is 16.2 Å². The molecule has 0 atom stereocenters. The third-order valence-electron chi connectivity index (χ3n) is 3.03. The van der Waals surface area contributed by atoms with Gasteiger partial charge in [-0.3, -0.25) is 4.79 Å². The largest absolute Gasteiger partial charge is 0.398 e. The van der Waals surface area contributed by atoms with Crippen LogP contribution in [0.1, 0.15) is 19.4 Å². The molecule has 8 heteroatoms. The molecule has 20 heavy (non-hydrogen) atoms. The van der Waals surface area contributed by atoms with Crippen LogP contribution in [0.15, 0.2) is 17.0 Å². The van der Waals surface area contributed by atoms with Gasteiger partial charge in [-0.1, -0.05) is 11.6 Å². The Morgan fingerprint density at radius 1 is 1.40 bits per heavy atom. The number of nitrogens with one attached hydrogen (secondary N) is 1. The fraction of sp³-hybridized carbons (Fsp3) is 0.417. The summed E-state index contributed by atoms with van der Waals surface area (Å²) in [5.74, 6) is -0.595. The molecule has 5 N–H and O–H groups in total. The van der Waals surface area contributed by atoms with Gasteiger partial charge in [0.15, 0.2) is 0 Å². The van der Waals surface area contributed by atoms with Gasteiger partial charge in [-0.15, -0.1) is 0 Å². The molecule has 1 amide bonds. The molecule has 0 radical (unpaired) electrons. The van der Waals surface area contributed by atoms with Gasteiger partial charge in [-0.2, -0.15) is 0 Å². The predicted octanol–water partition coefficient (Wildman–Crippen LogP) is 1.02. The Labute approximate surface area is 123 Å². The van der Waals surface area contributed by atoms with Gasteiger partial charge >= 0.3 is 0 Å². The predicted molar refractivity (Wildman–Crippen MR) is 78.8 cm³/mol. The molecule has 0 aliphatic carbocycles. The standard InChI is InChI=1S/C12H18ClN3O3S/c1-7-9(14)4-8(13)5-10(7)20(18,19)16-6-12(2,3)11(15)17/h4-5,16H,6,14H2,1-3H3,(H2,15,17). The summed E-state index contributed by atoms with van der Waals surface area (Å²) < 4.78 is 26.8. The summed E-state index contributed by atoms with van der Waals surface area (Å²) in [5.41, 5.74) is 10.6. The molecule has 112 valence electrons. The van der Waals surface area contributed by atoms with Crippen molar-refractivity contribution in [2.45, 2.75) is 25.7 Å². The van der Waals surface area contributed by atoms with Crippen molar-refractivity contribution in [3.8, 4) is 0 Å². The lowest BCUT2D eigenvalue weighted by molar-refractivity contribution is -0.125. The lowest BCUT2D eigenvalue weighted by Crippen LogP contribution is -2.42. The highest BCUT2D eigenvalue weighted by Crippen LogP contribution is 2.26. The van der Waals surface area contributed by atoms with E-state index in [1.807, 2.05) is 0 Å². The van der Waals surface area contributed by atoms with Gasteiger partial charge in [0, 0.05) is 17.3 Å². The van der Waals surface area contributed by atoms with Crippen molar-refractivity contribution in [1.82, 2.24) is 4.72 Å². The number of anilines is 1. The molecular formula is C12H18ClN3O3S. The molecule has 1 aromatic carbocycles. The number of rotatable bonds is 5. The first-order valence-electron chi connectivity index (χ1n) is 5.82. The Balaban J connectivity index is 3.10. The highest BCUT2D eigenvalue weighted by atomic mass is 35.5. The number of carbonyl (C=O) groups excluding carboxylic acids is 1. The molecule has 1 aromatic rings. The molecule has 1 rings (SSSR count). The molecule has 0 aromatic heterocycles. The number of benzene rings is 1. The van der Waals surface area contributed by atoms with Crippen LogP contribution in [0.5, 0.6) is 0 Å². The van der Waals surface area contributed by atoms with Crippen LogP contribution >= 0.6 is 11.6 Å². The van der Waals surface area contributed by atoms with Crippen LogP contribution in [0.25, 0.3) is 0 Å². The van der Waals surface area contributed by atoms with Gasteiger partial charge in [-0.05, 0) is 38.5 Å². The van der Waals surface area contributed by atoms with E-state index in [0.717, 1.165) is 0 Å². The first kappa shape index (κ1) is 16.7. The van der Waals surface area contributed by atoms with E-state index in [1.54, 1.807) is 20.8 Å². The number of nitrogens with two attached hydrogens (primary N) is 2. The smallest absolute Gasteiger partial charge is 0.240 e. The molecule has 0 saturated heterocycles. The fourth-order valence-corrected chi connectivity index (χ4v) is 3.19. The first-order valence-corrected chi connectivity index (χ1v) is 7.68. The molecule has 0 unspecified atom stereocenters. The number of carbonyl (C=O) groups is 1. The zero-order chi connectivity index (χ0) is 15.7. The minimum absolute atomic E-state index is 0.0113. The van der Waals surface area contributed by atoms with Gasteiger partial charge in [0.25, 0.3) is 0 Å². The van der Waals surface area contributed by atoms with Gasteiger partial charge in [0.1, 0.15) is 0 Å². The van der Waals surface area contributed by atoms with Crippen LogP contribution in [-0.4, -0.2) is 20.9 Å². The second-order valence-electron chi connectivity index (χ2n) is 5.19. The maximum Gasteiger partial charge on any atom is 0.240 e. The van der Waals surface area contributed by atoms with Crippen LogP contribution in [0.2, 0.25) is 5.02 Å². The maximum atomic E-state index is 12.2. The highest BCUT2D eigenvalue weighted by molar-refractivity contribution is 7.89. The number of hydrogen-bond acceptors (Lipinski definition) is 4. The van der Waals surface area contributed by atoms with E-state index in [4.69, 9.17) is 23.1 Å². The second-order valence-corrected chi connectivity index (χ2v) is 7.36. The summed E-state index contributed by atoms with van der Waals surface area (Å²) >= 11 is 5.82. The van der Waals surface area contributed by atoms with Gasteiger partial charge < -0.3 is 11.5 Å². The van der Waals surface area contributed by atoms with Gasteiger partial charge in [-0.25, -0.2) is 13.1 Å². The summed E-state index contributed by atoms with van der Waals surface area (Å²) in [6.07, 6.45) is 0. The lowest BCUT2D eigenvalue weighted by Gasteiger charge is -2.21. The van der Waals surface area contributed by atoms with Crippen molar-refractivity contribution in [3.63, 3.8) is 0 Å². The summed E-state index contributed by atoms with van der Waals surface area (Å²) in [6.45, 7) is 4.57. The number of primary amides is 1. The average molecular weight is 320 g/mol. The number of hydrogen-bond donors (Lipinski definition) is 3. The van der Waals surface area contributed by atoms with Crippen molar-refractivity contribution in [3.05, 3.63) is 22.7 Å². The molecule has 0 aliphatic rings. The van der Waals surface area contributed by atoms with E-state index in [1.165, 1.54) is 12.1 Å². The molecule has 6 nitrogen and oxygen atoms in total. The Bertz CT molecular complexity index is 642. The zero-order valence-electron chi connectivity index (χ0n) is 11.5. The van der Waals surface area contributed by atoms with Crippen LogP contribution in [0, 0.1) is 12.3 Å². The fourth-order valence-electron chi connectivity index (χ4n) is 1.39. The quantitative estimate of drug-likeness (QED) is 0.703. The summed E-state index contributed by atoms with van der Waals surface area (Å²) in [5, 5.41) is 0.225. The number of nitrogen functional groups attached to an aromatic ring is 1. The number of amides is 1. The lowest BCUT2D eigenvalue weighted by atomic mass is 9.93. The van der Waals surface area contributed by atoms with E-state index in [-0.39, 0.29) is 22.2 Å². The topological polar surface area (TPSA) is 115 Å². The van der Waals surface area contributed by atoms with Crippen molar-refractivity contribution in [1.29, 1.82) is 0 Å². The van der Waals surface area contributed by atoms with Gasteiger partial charge in [0.05, 0.1) is 10.3 Å². The Morgan fingerprint density at radius 2 is 1.95 bits per heavy atom. The SMILES string of the molecule is Cc1c(N)cc(Cl)cc1S(=O)(=O)NCC(C)(C)C(N)=O. The van der Waals surface area contributed by atoms with E-state index >= 15 is 0 Å². The van der Waals surface area contributed by atoms with Crippen molar-refractivity contribution in [2.24, 2.45) is 11.1 Å². The van der Waals surface area contributed by atoms with E-state index in [2.05, 4.69) is 4.72 Å². The van der Waals surface area contributed by atoms with E-state index in [0.29, 0.717) is 5.56 Å². The average Bonchev–Trinajstić information content (AvgIpc) is 2.31. The summed E-state index contributed by atoms with van der Waals surface area (Å²) in [4.78, 5) is 11.2. The molecule has 0 saturated carbocycles. The third-order valence-corrected chi connectivity index (χ3v) is 4.77. The van der Waals surface area contributed by atoms with Crippen molar-refractivity contribution < 1.29 is 13.2 Å². The Kier molecular flexibility index (Phi) is 4.68. The molecule has 0 aliphatic heterocycles. The van der Waals surface area contributed by atoms with Crippen LogP contribution in [0.3, 0.4) is 0 Å². The zero-order valence-corrected chi connectivity index (χ0v) is 13.1.